The number of imidazole rings is 1. The van der Waals surface area contributed by atoms with Crippen molar-refractivity contribution in [3.05, 3.63) is 29.4 Å². The van der Waals surface area contributed by atoms with Gasteiger partial charge in [-0.25, -0.2) is 13.4 Å². The summed E-state index contributed by atoms with van der Waals surface area (Å²) in [6.45, 7) is 5.92. The van der Waals surface area contributed by atoms with E-state index >= 15 is 0 Å². The third-order valence-corrected chi connectivity index (χ3v) is 5.55. The predicted octanol–water partition coefficient (Wildman–Crippen LogP) is 2.25. The normalized spacial score (nSPS) is 12.4. The maximum atomic E-state index is 12.5. The van der Waals surface area contributed by atoms with Crippen LogP contribution in [-0.4, -0.2) is 35.2 Å². The molecule has 0 saturated heterocycles. The molecule has 2 aromatic rings. The first-order valence-electron chi connectivity index (χ1n) is 5.24. The minimum atomic E-state index is -3.66. The molecular weight excluding hydrogens is 294 g/mol. The van der Waals surface area contributed by atoms with Gasteiger partial charge >= 0.3 is 0 Å². The molecule has 0 aromatic carbocycles. The lowest BCUT2D eigenvalue weighted by atomic mass is 10.6. The van der Waals surface area contributed by atoms with E-state index in [9.17, 15) is 8.42 Å². The first-order chi connectivity index (χ1) is 8.52. The largest absolute Gasteiger partial charge is 0.279 e. The number of aromatic nitrogens is 2. The van der Waals surface area contributed by atoms with E-state index in [1.807, 2.05) is 0 Å². The van der Waals surface area contributed by atoms with E-state index in [4.69, 9.17) is 11.6 Å². The summed E-state index contributed by atoms with van der Waals surface area (Å²) in [6, 6.07) is 0. The zero-order valence-corrected chi connectivity index (χ0v) is 12.1. The van der Waals surface area contributed by atoms with Crippen LogP contribution in [0.1, 0.15) is 6.92 Å². The van der Waals surface area contributed by atoms with Crippen LogP contribution in [0.25, 0.3) is 4.96 Å². The van der Waals surface area contributed by atoms with E-state index in [2.05, 4.69) is 11.6 Å². The van der Waals surface area contributed by atoms with Crippen molar-refractivity contribution in [1.29, 1.82) is 0 Å². The van der Waals surface area contributed by atoms with E-state index < -0.39 is 10.0 Å². The van der Waals surface area contributed by atoms with Crippen LogP contribution in [0.15, 0.2) is 29.3 Å². The molecule has 0 saturated carbocycles. The van der Waals surface area contributed by atoms with Crippen LogP contribution in [0.3, 0.4) is 0 Å². The van der Waals surface area contributed by atoms with Crippen LogP contribution in [0, 0.1) is 0 Å². The van der Waals surface area contributed by atoms with Gasteiger partial charge in [0.2, 0.25) is 0 Å². The molecule has 98 valence electrons. The Hall–Kier alpha value is -0.890. The van der Waals surface area contributed by atoms with Crippen molar-refractivity contribution in [1.82, 2.24) is 13.7 Å². The SMILES string of the molecule is C=CCN(CC)S(=O)(=O)c1c(Cl)nc2sccn12. The van der Waals surface area contributed by atoms with Crippen LogP contribution in [-0.2, 0) is 10.0 Å². The lowest BCUT2D eigenvalue weighted by Gasteiger charge is -2.17. The predicted molar refractivity (Wildman–Crippen MR) is 72.7 cm³/mol. The highest BCUT2D eigenvalue weighted by atomic mass is 35.5. The van der Waals surface area contributed by atoms with Crippen molar-refractivity contribution in [3.8, 4) is 0 Å². The molecule has 2 heterocycles. The second kappa shape index (κ2) is 5.00. The molecule has 0 unspecified atom stereocenters. The van der Waals surface area contributed by atoms with Crippen molar-refractivity contribution >= 4 is 37.9 Å². The summed E-state index contributed by atoms with van der Waals surface area (Å²) in [5, 5.41) is 1.79. The molecule has 2 aromatic heterocycles. The molecule has 0 amide bonds. The molecule has 0 aliphatic rings. The van der Waals surface area contributed by atoms with Gasteiger partial charge in [-0.3, -0.25) is 4.40 Å². The van der Waals surface area contributed by atoms with Gasteiger partial charge in [0.1, 0.15) is 0 Å². The summed E-state index contributed by atoms with van der Waals surface area (Å²) in [7, 11) is -3.66. The van der Waals surface area contributed by atoms with Gasteiger partial charge in [-0.05, 0) is 0 Å². The number of fused-ring (bicyclic) bond motifs is 1. The van der Waals surface area contributed by atoms with Crippen LogP contribution in [0.5, 0.6) is 0 Å². The molecule has 0 spiro atoms. The molecule has 18 heavy (non-hydrogen) atoms. The van der Waals surface area contributed by atoms with Gasteiger partial charge in [0.25, 0.3) is 10.0 Å². The molecule has 8 heteroatoms. The Morgan fingerprint density at radius 2 is 2.39 bits per heavy atom. The molecule has 0 N–H and O–H groups in total. The number of likely N-dealkylation sites (N-methyl/N-ethyl adjacent to an activating group) is 1. The van der Waals surface area contributed by atoms with Crippen molar-refractivity contribution in [2.45, 2.75) is 11.9 Å². The third-order valence-electron chi connectivity index (χ3n) is 2.45. The van der Waals surface area contributed by atoms with Gasteiger partial charge in [0.15, 0.2) is 15.1 Å². The summed E-state index contributed by atoms with van der Waals surface area (Å²) in [5.74, 6) is 0. The monoisotopic (exact) mass is 305 g/mol. The summed E-state index contributed by atoms with van der Waals surface area (Å²) >= 11 is 7.27. The van der Waals surface area contributed by atoms with Crippen molar-refractivity contribution in [2.24, 2.45) is 0 Å². The van der Waals surface area contributed by atoms with E-state index in [1.165, 1.54) is 20.0 Å². The van der Waals surface area contributed by atoms with Gasteiger partial charge in [-0.1, -0.05) is 24.6 Å². The standard InChI is InChI=1S/C10H12ClN3O2S2/c1-3-5-13(4-2)18(15,16)9-8(11)12-10-14(9)6-7-17-10/h3,6-7H,1,4-5H2,2H3. The molecule has 0 atom stereocenters. The zero-order chi connectivity index (χ0) is 13.3. The topological polar surface area (TPSA) is 54.7 Å². The molecule has 2 rings (SSSR count). The minimum absolute atomic E-state index is 0.00404. The fraction of sp³-hybridized carbons (Fsp3) is 0.300. The van der Waals surface area contributed by atoms with E-state index in [1.54, 1.807) is 24.6 Å². The highest BCUT2D eigenvalue weighted by molar-refractivity contribution is 7.89. The maximum absolute atomic E-state index is 12.5. The number of nitrogens with zero attached hydrogens (tertiary/aromatic N) is 3. The highest BCUT2D eigenvalue weighted by Crippen LogP contribution is 2.27. The van der Waals surface area contributed by atoms with E-state index in [0.29, 0.717) is 11.5 Å². The Kier molecular flexibility index (Phi) is 3.76. The Labute approximate surface area is 114 Å². The Morgan fingerprint density at radius 1 is 1.67 bits per heavy atom. The highest BCUT2D eigenvalue weighted by Gasteiger charge is 2.29. The molecule has 5 nitrogen and oxygen atoms in total. The number of sulfonamides is 1. The summed E-state index contributed by atoms with van der Waals surface area (Å²) in [5.41, 5.74) is 0. The number of rotatable bonds is 5. The summed E-state index contributed by atoms with van der Waals surface area (Å²) in [4.78, 5) is 4.59. The van der Waals surface area contributed by atoms with Gasteiger partial charge in [0, 0.05) is 24.7 Å². The quantitative estimate of drug-likeness (QED) is 0.796. The number of thiazole rings is 1. The second-order valence-corrected chi connectivity index (χ2v) is 6.59. The zero-order valence-electron chi connectivity index (χ0n) is 9.71. The molecule has 0 fully saturated rings. The first kappa shape index (κ1) is 13.5. The average molecular weight is 306 g/mol. The molecule has 0 aliphatic heterocycles. The van der Waals surface area contributed by atoms with Gasteiger partial charge in [-0.15, -0.1) is 17.9 Å². The van der Waals surface area contributed by atoms with Crippen molar-refractivity contribution in [2.75, 3.05) is 13.1 Å². The summed E-state index contributed by atoms with van der Waals surface area (Å²) in [6.07, 6.45) is 3.19. The second-order valence-electron chi connectivity index (χ2n) is 3.51. The molecule has 0 bridgehead atoms. The van der Waals surface area contributed by atoms with Gasteiger partial charge in [-0.2, -0.15) is 4.31 Å². The number of hydrogen-bond acceptors (Lipinski definition) is 4. The Bertz CT molecular complexity index is 674. The van der Waals surface area contributed by atoms with Crippen molar-refractivity contribution in [3.63, 3.8) is 0 Å². The number of hydrogen-bond donors (Lipinski definition) is 0. The smallest absolute Gasteiger partial charge is 0.262 e. The van der Waals surface area contributed by atoms with Crippen molar-refractivity contribution < 1.29 is 8.42 Å². The fourth-order valence-electron chi connectivity index (χ4n) is 1.63. The minimum Gasteiger partial charge on any atom is -0.279 e. The molecule has 0 radical (unpaired) electrons. The van der Waals surface area contributed by atoms with Gasteiger partial charge in [0.05, 0.1) is 0 Å². The Balaban J connectivity index is 2.61. The van der Waals surface area contributed by atoms with Crippen LogP contribution < -0.4 is 0 Å². The number of halogens is 1. The maximum Gasteiger partial charge on any atom is 0.262 e. The lowest BCUT2D eigenvalue weighted by Crippen LogP contribution is -2.31. The molecular formula is C10H12ClN3O2S2. The van der Waals surface area contributed by atoms with Crippen LogP contribution >= 0.6 is 22.9 Å². The van der Waals surface area contributed by atoms with E-state index in [-0.39, 0.29) is 16.7 Å². The fourth-order valence-corrected chi connectivity index (χ4v) is 4.46. The third kappa shape index (κ3) is 2.07. The van der Waals surface area contributed by atoms with Gasteiger partial charge < -0.3 is 0 Å². The first-order valence-corrected chi connectivity index (χ1v) is 7.94. The average Bonchev–Trinajstić information content (AvgIpc) is 2.84. The lowest BCUT2D eigenvalue weighted by molar-refractivity contribution is 0.456. The summed E-state index contributed by atoms with van der Waals surface area (Å²) < 4.78 is 27.8. The van der Waals surface area contributed by atoms with E-state index in [0.717, 1.165) is 0 Å². The van der Waals surface area contributed by atoms with Crippen LogP contribution in [0.4, 0.5) is 0 Å². The molecule has 0 aliphatic carbocycles. The Morgan fingerprint density at radius 3 is 3.00 bits per heavy atom. The van der Waals surface area contributed by atoms with Crippen LogP contribution in [0.2, 0.25) is 5.15 Å².